The van der Waals surface area contributed by atoms with E-state index in [-0.39, 0.29) is 17.9 Å². The first-order valence-corrected chi connectivity index (χ1v) is 8.87. The Labute approximate surface area is 140 Å². The molecule has 4 nitrogen and oxygen atoms in total. The van der Waals surface area contributed by atoms with Gasteiger partial charge < -0.3 is 10.4 Å². The van der Waals surface area contributed by atoms with Gasteiger partial charge in [-0.1, -0.05) is 29.8 Å². The molecule has 1 heterocycles. The average molecular weight is 340 g/mol. The number of hydrogen-bond acceptors (Lipinski definition) is 4. The smallest absolute Gasteiger partial charge is 0.0982 e. The Morgan fingerprint density at radius 1 is 1.41 bits per heavy atom. The van der Waals surface area contributed by atoms with Crippen LogP contribution in [0.15, 0.2) is 30.5 Å². The summed E-state index contributed by atoms with van der Waals surface area (Å²) in [5, 5.41) is 18.3. The molecular weight excluding hydrogens is 318 g/mol. The molecule has 2 N–H and O–H groups in total. The number of rotatable bonds is 7. The number of hydrogen-bond donors (Lipinski definition) is 2. The molecule has 0 spiro atoms. The van der Waals surface area contributed by atoms with Crippen LogP contribution in [-0.2, 0) is 13.6 Å². The van der Waals surface area contributed by atoms with Gasteiger partial charge in [0.25, 0.3) is 0 Å². The van der Waals surface area contributed by atoms with Gasteiger partial charge >= 0.3 is 0 Å². The van der Waals surface area contributed by atoms with Crippen molar-refractivity contribution in [3.8, 4) is 11.3 Å². The van der Waals surface area contributed by atoms with E-state index in [4.69, 9.17) is 11.6 Å². The van der Waals surface area contributed by atoms with Crippen molar-refractivity contribution in [2.24, 2.45) is 7.05 Å². The molecule has 2 atom stereocenters. The maximum Gasteiger partial charge on any atom is 0.0982 e. The molecule has 2 rings (SSSR count). The van der Waals surface area contributed by atoms with Crippen molar-refractivity contribution in [2.75, 3.05) is 12.9 Å². The number of halogens is 1. The molecule has 120 valence electrons. The van der Waals surface area contributed by atoms with Crippen LogP contribution in [-0.4, -0.2) is 39.0 Å². The van der Waals surface area contributed by atoms with E-state index in [9.17, 15) is 5.11 Å². The van der Waals surface area contributed by atoms with Crippen molar-refractivity contribution in [1.29, 1.82) is 0 Å². The van der Waals surface area contributed by atoms with Gasteiger partial charge in [0, 0.05) is 42.2 Å². The van der Waals surface area contributed by atoms with Gasteiger partial charge in [0.2, 0.25) is 0 Å². The third kappa shape index (κ3) is 4.04. The van der Waals surface area contributed by atoms with Gasteiger partial charge in [-0.3, -0.25) is 4.68 Å². The summed E-state index contributed by atoms with van der Waals surface area (Å²) in [6.07, 6.45) is 4.02. The van der Waals surface area contributed by atoms with Gasteiger partial charge in [0.15, 0.2) is 0 Å². The summed E-state index contributed by atoms with van der Waals surface area (Å²) in [6.45, 7) is 2.94. The van der Waals surface area contributed by atoms with E-state index in [0.29, 0.717) is 11.6 Å². The number of aryl methyl sites for hydroxylation is 1. The molecule has 1 aromatic heterocycles. The summed E-state index contributed by atoms with van der Waals surface area (Å²) in [5.74, 6) is 0. The first-order chi connectivity index (χ1) is 10.6. The molecule has 0 amide bonds. The zero-order valence-corrected chi connectivity index (χ0v) is 14.7. The van der Waals surface area contributed by atoms with Gasteiger partial charge in [0.05, 0.1) is 17.3 Å². The summed E-state index contributed by atoms with van der Waals surface area (Å²) in [6, 6.07) is 7.95. The average Bonchev–Trinajstić information content (AvgIpc) is 2.87. The number of aliphatic hydroxyl groups is 1. The van der Waals surface area contributed by atoms with E-state index in [1.54, 1.807) is 16.4 Å². The minimum Gasteiger partial charge on any atom is -0.395 e. The van der Waals surface area contributed by atoms with E-state index >= 15 is 0 Å². The van der Waals surface area contributed by atoms with Crippen LogP contribution >= 0.6 is 23.4 Å². The molecule has 0 bridgehead atoms. The second-order valence-electron chi connectivity index (χ2n) is 5.28. The van der Waals surface area contributed by atoms with E-state index in [2.05, 4.69) is 17.3 Å². The molecule has 0 saturated carbocycles. The number of aromatic nitrogens is 2. The lowest BCUT2D eigenvalue weighted by molar-refractivity contribution is 0.276. The summed E-state index contributed by atoms with van der Waals surface area (Å²) in [5.41, 5.74) is 2.94. The van der Waals surface area contributed by atoms with Crippen molar-refractivity contribution < 1.29 is 5.11 Å². The molecule has 0 saturated heterocycles. The highest BCUT2D eigenvalue weighted by molar-refractivity contribution is 7.99. The first kappa shape index (κ1) is 17.3. The van der Waals surface area contributed by atoms with Crippen molar-refractivity contribution in [3.63, 3.8) is 0 Å². The number of thioether (sulfide) groups is 1. The third-order valence-electron chi connectivity index (χ3n) is 3.69. The van der Waals surface area contributed by atoms with Crippen molar-refractivity contribution in [1.82, 2.24) is 15.1 Å². The van der Waals surface area contributed by atoms with Gasteiger partial charge in [-0.05, 0) is 19.2 Å². The third-order valence-corrected chi connectivity index (χ3v) is 5.18. The predicted molar refractivity (Wildman–Crippen MR) is 94.3 cm³/mol. The first-order valence-electron chi connectivity index (χ1n) is 7.21. The highest BCUT2D eigenvalue weighted by atomic mass is 35.5. The van der Waals surface area contributed by atoms with E-state index in [1.807, 2.05) is 43.8 Å². The summed E-state index contributed by atoms with van der Waals surface area (Å²) in [7, 11) is 1.91. The van der Waals surface area contributed by atoms with Crippen molar-refractivity contribution in [3.05, 3.63) is 41.0 Å². The van der Waals surface area contributed by atoms with Crippen LogP contribution < -0.4 is 5.32 Å². The maximum atomic E-state index is 9.37. The Bertz CT molecular complexity index is 613. The maximum absolute atomic E-state index is 9.37. The molecule has 1 aromatic carbocycles. The molecule has 22 heavy (non-hydrogen) atoms. The molecule has 0 aliphatic carbocycles. The fraction of sp³-hybridized carbons (Fsp3) is 0.438. The van der Waals surface area contributed by atoms with Gasteiger partial charge in [-0.2, -0.15) is 16.9 Å². The largest absolute Gasteiger partial charge is 0.395 e. The summed E-state index contributed by atoms with van der Waals surface area (Å²) >= 11 is 7.96. The summed E-state index contributed by atoms with van der Waals surface area (Å²) in [4.78, 5) is 0. The van der Waals surface area contributed by atoms with Crippen LogP contribution in [0.5, 0.6) is 0 Å². The number of nitrogens with zero attached hydrogens (tertiary/aromatic N) is 2. The minimum absolute atomic E-state index is 0.166. The van der Waals surface area contributed by atoms with E-state index in [1.165, 1.54) is 0 Å². The van der Waals surface area contributed by atoms with Gasteiger partial charge in [0.1, 0.15) is 0 Å². The Balaban J connectivity index is 2.18. The summed E-state index contributed by atoms with van der Waals surface area (Å²) < 4.78 is 1.80. The number of aliphatic hydroxyl groups excluding tert-OH is 1. The topological polar surface area (TPSA) is 50.1 Å². The Hall–Kier alpha value is -1.01. The SMILES string of the molecule is CSC(CO)C(C)NCc1cn(C)nc1-c1ccccc1Cl. The van der Waals surface area contributed by atoms with Crippen LogP contribution in [0.2, 0.25) is 5.02 Å². The molecule has 0 fully saturated rings. The molecular formula is C16H22ClN3OS. The normalized spacial score (nSPS) is 14.0. The molecule has 2 aromatic rings. The molecule has 0 radical (unpaired) electrons. The zero-order valence-electron chi connectivity index (χ0n) is 13.1. The molecule has 0 aliphatic heterocycles. The second kappa shape index (κ2) is 8.02. The van der Waals surface area contributed by atoms with Crippen LogP contribution in [0.25, 0.3) is 11.3 Å². The van der Waals surface area contributed by atoms with Crippen LogP contribution in [0.4, 0.5) is 0 Å². The van der Waals surface area contributed by atoms with E-state index in [0.717, 1.165) is 16.8 Å². The standard InChI is InChI=1S/C16H22ClN3OS/c1-11(15(10-21)22-3)18-8-12-9-20(2)19-16(12)13-6-4-5-7-14(13)17/h4-7,9,11,15,18,21H,8,10H2,1-3H3. The molecule has 2 unspecified atom stereocenters. The second-order valence-corrected chi connectivity index (χ2v) is 6.77. The lowest BCUT2D eigenvalue weighted by atomic mass is 10.1. The van der Waals surface area contributed by atoms with E-state index < -0.39 is 0 Å². The lowest BCUT2D eigenvalue weighted by Gasteiger charge is -2.21. The number of nitrogens with one attached hydrogen (secondary N) is 1. The fourth-order valence-corrected chi connectivity index (χ4v) is 3.26. The van der Waals surface area contributed by atoms with Crippen LogP contribution in [0.3, 0.4) is 0 Å². The highest BCUT2D eigenvalue weighted by Crippen LogP contribution is 2.29. The monoisotopic (exact) mass is 339 g/mol. The van der Waals surface area contributed by atoms with Crippen molar-refractivity contribution in [2.45, 2.75) is 24.8 Å². The minimum atomic E-state index is 0.166. The zero-order chi connectivity index (χ0) is 16.1. The fourth-order valence-electron chi connectivity index (χ4n) is 2.39. The van der Waals surface area contributed by atoms with Crippen LogP contribution in [0, 0.1) is 0 Å². The van der Waals surface area contributed by atoms with Gasteiger partial charge in [-0.15, -0.1) is 0 Å². The molecule has 6 heteroatoms. The Morgan fingerprint density at radius 2 is 2.14 bits per heavy atom. The number of benzene rings is 1. The van der Waals surface area contributed by atoms with Crippen LogP contribution in [0.1, 0.15) is 12.5 Å². The Morgan fingerprint density at radius 3 is 2.77 bits per heavy atom. The van der Waals surface area contributed by atoms with Gasteiger partial charge in [-0.25, -0.2) is 0 Å². The van der Waals surface area contributed by atoms with Crippen molar-refractivity contribution >= 4 is 23.4 Å². The highest BCUT2D eigenvalue weighted by Gasteiger charge is 2.17. The lowest BCUT2D eigenvalue weighted by Crippen LogP contribution is -2.37. The Kier molecular flexibility index (Phi) is 6.32. The predicted octanol–water partition coefficient (Wildman–Crippen LogP) is 2.94. The quantitative estimate of drug-likeness (QED) is 0.814. The molecule has 0 aliphatic rings.